The van der Waals surface area contributed by atoms with E-state index in [0.29, 0.717) is 30.2 Å². The molecule has 38 heavy (non-hydrogen) atoms. The Bertz CT molecular complexity index is 1170. The number of rotatable bonds is 12. The van der Waals surface area contributed by atoms with E-state index in [1.165, 1.54) is 18.2 Å². The van der Waals surface area contributed by atoms with Gasteiger partial charge in [-0.3, -0.25) is 0 Å². The number of hydrogen-bond acceptors (Lipinski definition) is 7. The number of methoxy groups -OCH3 is 1. The minimum atomic E-state index is -0.449. The Hall–Kier alpha value is -3.58. The first kappa shape index (κ1) is 27.5. The number of carbonyl (C=O) groups excluding carboxylic acids is 1. The number of nitrogens with zero attached hydrogens (tertiary/aromatic N) is 1. The Kier molecular flexibility index (Phi) is 9.98. The second-order valence-electron chi connectivity index (χ2n) is 9.56. The number of carbonyl (C=O) groups is 1. The molecule has 1 atom stereocenters. The van der Waals surface area contributed by atoms with Crippen LogP contribution in [0.25, 0.3) is 11.1 Å². The number of benzene rings is 2. The van der Waals surface area contributed by atoms with Gasteiger partial charge in [0.2, 0.25) is 5.88 Å². The molecule has 0 bridgehead atoms. The fourth-order valence-corrected chi connectivity index (χ4v) is 4.59. The minimum absolute atomic E-state index is 0.0509. The van der Waals surface area contributed by atoms with Crippen molar-refractivity contribution >= 4 is 5.97 Å². The first-order valence-electron chi connectivity index (χ1n) is 13.4. The zero-order chi connectivity index (χ0) is 26.7. The maximum Gasteiger partial charge on any atom is 0.343 e. The lowest BCUT2D eigenvalue weighted by Crippen LogP contribution is -2.26. The van der Waals surface area contributed by atoms with E-state index in [0.717, 1.165) is 56.4 Å². The van der Waals surface area contributed by atoms with Gasteiger partial charge in [-0.1, -0.05) is 49.7 Å². The number of ether oxygens (including phenoxy) is 4. The van der Waals surface area contributed by atoms with E-state index < -0.39 is 5.97 Å². The molecule has 0 spiro atoms. The molecular weight excluding hydrogens is 482 g/mol. The van der Waals surface area contributed by atoms with Crippen LogP contribution >= 0.6 is 0 Å². The lowest BCUT2D eigenvalue weighted by atomic mass is 9.97. The average Bonchev–Trinajstić information content (AvgIpc) is 2.95. The third kappa shape index (κ3) is 7.71. The number of pyridine rings is 1. The molecule has 1 N–H and O–H groups in total. The molecule has 4 rings (SSSR count). The highest BCUT2D eigenvalue weighted by atomic mass is 16.6. The molecule has 2 aromatic carbocycles. The van der Waals surface area contributed by atoms with Crippen LogP contribution in [-0.4, -0.2) is 49.1 Å². The normalized spacial score (nSPS) is 15.2. The molecule has 1 aliphatic rings. The number of esters is 1. The summed E-state index contributed by atoms with van der Waals surface area (Å²) in [6.45, 7) is 3.19. The van der Waals surface area contributed by atoms with Crippen molar-refractivity contribution in [3.8, 4) is 28.5 Å². The van der Waals surface area contributed by atoms with E-state index >= 15 is 0 Å². The van der Waals surface area contributed by atoms with Crippen LogP contribution in [-0.2, 0) is 33.5 Å². The van der Waals surface area contributed by atoms with Crippen molar-refractivity contribution in [1.82, 2.24) is 4.98 Å². The Balaban J connectivity index is 1.54. The fourth-order valence-electron chi connectivity index (χ4n) is 4.59. The van der Waals surface area contributed by atoms with Gasteiger partial charge in [0.05, 0.1) is 18.9 Å². The van der Waals surface area contributed by atoms with Crippen LogP contribution in [0.1, 0.15) is 49.4 Å². The van der Waals surface area contributed by atoms with Gasteiger partial charge in [-0.25, -0.2) is 9.78 Å². The van der Waals surface area contributed by atoms with Crippen molar-refractivity contribution in [1.29, 1.82) is 0 Å². The summed E-state index contributed by atoms with van der Waals surface area (Å²) in [6, 6.07) is 17.5. The molecule has 7 nitrogen and oxygen atoms in total. The van der Waals surface area contributed by atoms with Crippen molar-refractivity contribution < 1.29 is 28.8 Å². The maximum absolute atomic E-state index is 11.4. The van der Waals surface area contributed by atoms with Gasteiger partial charge in [-0.15, -0.1) is 0 Å². The lowest BCUT2D eigenvalue weighted by molar-refractivity contribution is -0.142. The summed E-state index contributed by atoms with van der Waals surface area (Å²) in [4.78, 5) is 16.2. The lowest BCUT2D eigenvalue weighted by Gasteiger charge is -2.22. The summed E-state index contributed by atoms with van der Waals surface area (Å²) in [6.07, 6.45) is 6.84. The van der Waals surface area contributed by atoms with Crippen molar-refractivity contribution in [2.75, 3.05) is 26.9 Å². The molecule has 0 saturated carbocycles. The van der Waals surface area contributed by atoms with E-state index in [-0.39, 0.29) is 18.5 Å². The molecule has 1 fully saturated rings. The van der Waals surface area contributed by atoms with Crippen LogP contribution in [0.15, 0.2) is 54.6 Å². The highest BCUT2D eigenvalue weighted by Crippen LogP contribution is 2.36. The zero-order valence-corrected chi connectivity index (χ0v) is 22.3. The first-order valence-corrected chi connectivity index (χ1v) is 13.4. The Labute approximate surface area is 224 Å². The molecule has 202 valence electrons. The largest absolute Gasteiger partial charge is 0.507 e. The summed E-state index contributed by atoms with van der Waals surface area (Å²) in [5.41, 5.74) is 4.77. The number of aromatic hydroxyl groups is 1. The average molecular weight is 520 g/mol. The van der Waals surface area contributed by atoms with Crippen LogP contribution in [0, 0.1) is 0 Å². The van der Waals surface area contributed by atoms with E-state index in [4.69, 9.17) is 19.2 Å². The molecule has 7 heteroatoms. The zero-order valence-electron chi connectivity index (χ0n) is 22.3. The van der Waals surface area contributed by atoms with Gasteiger partial charge < -0.3 is 24.1 Å². The van der Waals surface area contributed by atoms with Gasteiger partial charge in [0.15, 0.2) is 6.61 Å². The molecular formula is C31H37NO6. The van der Waals surface area contributed by atoms with Crippen molar-refractivity contribution in [3.63, 3.8) is 0 Å². The topological polar surface area (TPSA) is 87.1 Å². The Morgan fingerprint density at radius 3 is 2.39 bits per heavy atom. The molecule has 1 aromatic heterocycles. The highest BCUT2D eigenvalue weighted by molar-refractivity contribution is 5.74. The molecule has 0 aliphatic carbocycles. The third-order valence-electron chi connectivity index (χ3n) is 6.68. The van der Waals surface area contributed by atoms with Crippen LogP contribution in [0.2, 0.25) is 0 Å². The second-order valence-corrected chi connectivity index (χ2v) is 9.56. The van der Waals surface area contributed by atoms with Crippen LogP contribution in [0.3, 0.4) is 0 Å². The summed E-state index contributed by atoms with van der Waals surface area (Å²) >= 11 is 0. The summed E-state index contributed by atoms with van der Waals surface area (Å²) in [7, 11) is 1.32. The molecule has 1 aliphatic heterocycles. The van der Waals surface area contributed by atoms with E-state index in [1.54, 1.807) is 18.2 Å². The molecule has 3 aromatic rings. The SMILES string of the molecule is CCCc1ccc(CCc2nc(OC[C@H]3CCCCO3)cc(O)c2-c2ccc(OCC(=O)OC)cc2)cc1. The molecule has 2 heterocycles. The number of hydrogen-bond donors (Lipinski definition) is 1. The first-order chi connectivity index (χ1) is 18.6. The summed E-state index contributed by atoms with van der Waals surface area (Å²) in [5.74, 6) is 0.589. The van der Waals surface area contributed by atoms with Crippen molar-refractivity contribution in [2.24, 2.45) is 0 Å². The van der Waals surface area contributed by atoms with Crippen molar-refractivity contribution in [3.05, 3.63) is 71.4 Å². The van der Waals surface area contributed by atoms with Gasteiger partial charge in [0, 0.05) is 18.2 Å². The monoisotopic (exact) mass is 519 g/mol. The van der Waals surface area contributed by atoms with Crippen molar-refractivity contribution in [2.45, 2.75) is 58.0 Å². The highest BCUT2D eigenvalue weighted by Gasteiger charge is 2.18. The number of aryl methyl sites for hydroxylation is 3. The molecule has 0 amide bonds. The van der Waals surface area contributed by atoms with E-state index in [9.17, 15) is 9.90 Å². The summed E-state index contributed by atoms with van der Waals surface area (Å²) in [5, 5.41) is 11.1. The van der Waals surface area contributed by atoms with Crippen LogP contribution in [0.5, 0.6) is 17.4 Å². The van der Waals surface area contributed by atoms with Gasteiger partial charge in [0.25, 0.3) is 0 Å². The van der Waals surface area contributed by atoms with E-state index in [1.807, 2.05) is 12.1 Å². The van der Waals surface area contributed by atoms with Crippen LogP contribution in [0.4, 0.5) is 0 Å². The standard InChI is InChI=1S/C31H37NO6/c1-3-6-22-8-10-23(11-9-22)12-17-27-31(24-13-15-25(16-14-24)37-21-30(34)35-2)28(33)19-29(32-27)38-20-26-7-4-5-18-36-26/h8-11,13-16,19,26H,3-7,12,17-18,20-21H2,1-2H3,(H,32,33)/t26-/m1/s1. The summed E-state index contributed by atoms with van der Waals surface area (Å²) < 4.78 is 21.8. The predicted octanol–water partition coefficient (Wildman–Crippen LogP) is 5.69. The predicted molar refractivity (Wildman–Crippen MR) is 146 cm³/mol. The Morgan fingerprint density at radius 2 is 1.74 bits per heavy atom. The maximum atomic E-state index is 11.4. The minimum Gasteiger partial charge on any atom is -0.507 e. The van der Waals surface area contributed by atoms with E-state index in [2.05, 4.69) is 35.9 Å². The molecule has 1 saturated heterocycles. The van der Waals surface area contributed by atoms with Gasteiger partial charge in [-0.2, -0.15) is 0 Å². The number of aromatic nitrogens is 1. The van der Waals surface area contributed by atoms with Crippen LogP contribution < -0.4 is 9.47 Å². The van der Waals surface area contributed by atoms with Gasteiger partial charge in [-0.05, 0) is 67.3 Å². The third-order valence-corrected chi connectivity index (χ3v) is 6.68. The second kappa shape index (κ2) is 13.8. The smallest absolute Gasteiger partial charge is 0.343 e. The van der Waals surface area contributed by atoms with Gasteiger partial charge >= 0.3 is 5.97 Å². The van der Waals surface area contributed by atoms with Gasteiger partial charge in [0.1, 0.15) is 18.1 Å². The molecule has 0 radical (unpaired) electrons. The quantitative estimate of drug-likeness (QED) is 0.308. The molecule has 0 unspecified atom stereocenters. The Morgan fingerprint density at radius 1 is 1.00 bits per heavy atom. The fraction of sp³-hybridized carbons (Fsp3) is 0.419.